The average Bonchev–Trinajstić information content (AvgIpc) is 2.81. The molecule has 0 atom stereocenters. The summed E-state index contributed by atoms with van der Waals surface area (Å²) < 4.78 is 5.50. The molecule has 1 aliphatic heterocycles. The van der Waals surface area contributed by atoms with Gasteiger partial charge in [-0.3, -0.25) is 4.79 Å². The van der Waals surface area contributed by atoms with E-state index >= 15 is 0 Å². The van der Waals surface area contributed by atoms with Crippen LogP contribution in [-0.2, 0) is 14.3 Å². The third-order valence-corrected chi connectivity index (χ3v) is 5.01. The molecule has 0 bridgehead atoms. The number of nitrogens with zero attached hydrogens (tertiary/aromatic N) is 1. The van der Waals surface area contributed by atoms with E-state index < -0.39 is 5.97 Å². The van der Waals surface area contributed by atoms with Crippen LogP contribution >= 0.6 is 27.5 Å². The second kappa shape index (κ2) is 7.33. The molecule has 1 aromatic carbocycles. The molecule has 1 aromatic rings. The molecule has 8 heteroatoms. The van der Waals surface area contributed by atoms with Crippen LogP contribution in [0.5, 0.6) is 0 Å². The minimum atomic E-state index is -0.582. The van der Waals surface area contributed by atoms with Gasteiger partial charge in [-0.05, 0) is 40.5 Å². The summed E-state index contributed by atoms with van der Waals surface area (Å²) in [4.78, 5) is 25.7. The number of aliphatic hydroxyl groups is 1. The Morgan fingerprint density at radius 1 is 1.52 bits per heavy atom. The number of carbonyl (C=O) groups is 2. The number of rotatable bonds is 5. The molecule has 2 rings (SSSR count). The zero-order valence-corrected chi connectivity index (χ0v) is 15.0. The van der Waals surface area contributed by atoms with Crippen LogP contribution in [-0.4, -0.2) is 48.7 Å². The summed E-state index contributed by atoms with van der Waals surface area (Å²) >= 11 is 9.49. The highest BCUT2D eigenvalue weighted by Gasteiger charge is 2.34. The number of aliphatic hydroxyl groups excluding tert-OH is 1. The van der Waals surface area contributed by atoms with E-state index in [-0.39, 0.29) is 36.9 Å². The topological polar surface area (TPSA) is 78.9 Å². The Morgan fingerprint density at radius 2 is 2.22 bits per heavy atom. The first-order valence-electron chi connectivity index (χ1n) is 6.83. The number of benzene rings is 1. The number of ether oxygens (including phenoxy) is 1. The average molecular weight is 404 g/mol. The van der Waals surface area contributed by atoms with Crippen LogP contribution in [0, 0.1) is 6.92 Å². The van der Waals surface area contributed by atoms with Crippen LogP contribution in [0.3, 0.4) is 0 Å². The molecule has 23 heavy (non-hydrogen) atoms. The number of amides is 1. The van der Waals surface area contributed by atoms with E-state index in [1.165, 1.54) is 12.0 Å². The Labute approximate surface area is 147 Å². The summed E-state index contributed by atoms with van der Waals surface area (Å²) in [5, 5.41) is 12.5. The van der Waals surface area contributed by atoms with Gasteiger partial charge in [0, 0.05) is 16.7 Å². The fourth-order valence-corrected chi connectivity index (χ4v) is 2.79. The molecule has 0 saturated heterocycles. The number of hydrogen-bond donors (Lipinski definition) is 2. The Kier molecular flexibility index (Phi) is 5.67. The number of esters is 1. The Bertz CT molecular complexity index is 667. The van der Waals surface area contributed by atoms with Crippen molar-refractivity contribution in [1.29, 1.82) is 0 Å². The van der Waals surface area contributed by atoms with Crippen molar-refractivity contribution in [2.24, 2.45) is 0 Å². The second-order valence-corrected chi connectivity index (χ2v) is 6.21. The van der Waals surface area contributed by atoms with E-state index in [4.69, 9.17) is 21.4 Å². The standard InChI is InChI=1S/C15H16BrClN2O4/c1-8-5-9(6-11(17)12(8)16)18-13-10(15(22)23-2)7-19(3-4-20)14(13)21/h5-6,18,20H,3-4,7H2,1-2H3. The highest BCUT2D eigenvalue weighted by atomic mass is 79.9. The number of halogens is 2. The van der Waals surface area contributed by atoms with Gasteiger partial charge < -0.3 is 20.1 Å². The molecule has 1 aliphatic rings. The molecule has 0 aromatic heterocycles. The number of anilines is 1. The van der Waals surface area contributed by atoms with Crippen molar-refractivity contribution in [2.45, 2.75) is 6.92 Å². The van der Waals surface area contributed by atoms with E-state index in [1.807, 2.05) is 6.92 Å². The van der Waals surface area contributed by atoms with E-state index in [0.717, 1.165) is 10.0 Å². The minimum Gasteiger partial charge on any atom is -0.466 e. The highest BCUT2D eigenvalue weighted by molar-refractivity contribution is 9.10. The van der Waals surface area contributed by atoms with Crippen molar-refractivity contribution in [1.82, 2.24) is 4.90 Å². The van der Waals surface area contributed by atoms with Crippen molar-refractivity contribution in [3.05, 3.63) is 38.5 Å². The van der Waals surface area contributed by atoms with Crippen molar-refractivity contribution in [3.63, 3.8) is 0 Å². The molecule has 1 heterocycles. The molecule has 124 valence electrons. The number of aryl methyl sites for hydroxylation is 1. The summed E-state index contributed by atoms with van der Waals surface area (Å²) in [6, 6.07) is 3.46. The fourth-order valence-electron chi connectivity index (χ4n) is 2.29. The van der Waals surface area contributed by atoms with Gasteiger partial charge in [0.15, 0.2) is 0 Å². The normalized spacial score (nSPS) is 14.5. The summed E-state index contributed by atoms with van der Waals surface area (Å²) in [6.45, 7) is 1.92. The summed E-state index contributed by atoms with van der Waals surface area (Å²) in [6.07, 6.45) is 0. The predicted molar refractivity (Wildman–Crippen MR) is 90.2 cm³/mol. The summed E-state index contributed by atoms with van der Waals surface area (Å²) in [7, 11) is 1.26. The zero-order chi connectivity index (χ0) is 17.1. The first kappa shape index (κ1) is 17.8. The molecule has 1 amide bonds. The molecule has 0 unspecified atom stereocenters. The quantitative estimate of drug-likeness (QED) is 0.736. The first-order chi connectivity index (χ1) is 10.9. The van der Waals surface area contributed by atoms with Gasteiger partial charge in [-0.25, -0.2) is 4.79 Å². The first-order valence-corrected chi connectivity index (χ1v) is 8.00. The maximum Gasteiger partial charge on any atom is 0.337 e. The van der Waals surface area contributed by atoms with E-state index in [1.54, 1.807) is 12.1 Å². The van der Waals surface area contributed by atoms with Crippen LogP contribution in [0.2, 0.25) is 5.02 Å². The van der Waals surface area contributed by atoms with Crippen molar-refractivity contribution >= 4 is 45.1 Å². The number of carbonyl (C=O) groups excluding carboxylic acids is 2. The van der Waals surface area contributed by atoms with Gasteiger partial charge in [0.25, 0.3) is 5.91 Å². The third-order valence-electron chi connectivity index (χ3n) is 3.43. The fraction of sp³-hybridized carbons (Fsp3) is 0.333. The molecule has 6 nitrogen and oxygen atoms in total. The van der Waals surface area contributed by atoms with E-state index in [2.05, 4.69) is 21.2 Å². The Hall–Kier alpha value is -1.57. The minimum absolute atomic E-state index is 0.0949. The van der Waals surface area contributed by atoms with Crippen molar-refractivity contribution < 1.29 is 19.4 Å². The lowest BCUT2D eigenvalue weighted by molar-refractivity contribution is -0.136. The van der Waals surface area contributed by atoms with Crippen LogP contribution in [0.25, 0.3) is 0 Å². The van der Waals surface area contributed by atoms with Gasteiger partial charge in [0.1, 0.15) is 5.70 Å². The van der Waals surface area contributed by atoms with Crippen LogP contribution in [0.15, 0.2) is 27.9 Å². The molecule has 0 fully saturated rings. The van der Waals surface area contributed by atoms with Gasteiger partial charge in [-0.15, -0.1) is 0 Å². The second-order valence-electron chi connectivity index (χ2n) is 5.01. The Morgan fingerprint density at radius 3 is 2.78 bits per heavy atom. The molecule has 0 spiro atoms. The molecular weight excluding hydrogens is 388 g/mol. The largest absolute Gasteiger partial charge is 0.466 e. The van der Waals surface area contributed by atoms with Crippen LogP contribution in [0.4, 0.5) is 5.69 Å². The monoisotopic (exact) mass is 402 g/mol. The van der Waals surface area contributed by atoms with E-state index in [9.17, 15) is 9.59 Å². The molecule has 2 N–H and O–H groups in total. The van der Waals surface area contributed by atoms with Crippen molar-refractivity contribution in [3.8, 4) is 0 Å². The number of β-amino-alcohol motifs (C(OH)–C–C–N with tert-alkyl or cyclic N) is 1. The van der Waals surface area contributed by atoms with Crippen LogP contribution < -0.4 is 5.32 Å². The molecule has 0 saturated carbocycles. The highest BCUT2D eigenvalue weighted by Crippen LogP contribution is 2.31. The van der Waals surface area contributed by atoms with Gasteiger partial charge in [0.2, 0.25) is 0 Å². The number of hydrogen-bond acceptors (Lipinski definition) is 5. The van der Waals surface area contributed by atoms with E-state index in [0.29, 0.717) is 10.7 Å². The lowest BCUT2D eigenvalue weighted by atomic mass is 10.2. The van der Waals surface area contributed by atoms with Gasteiger partial charge in [-0.2, -0.15) is 0 Å². The zero-order valence-electron chi connectivity index (χ0n) is 12.7. The van der Waals surface area contributed by atoms with Crippen LogP contribution in [0.1, 0.15) is 5.56 Å². The van der Waals surface area contributed by atoms with Gasteiger partial charge in [-0.1, -0.05) is 11.6 Å². The van der Waals surface area contributed by atoms with Gasteiger partial charge in [0.05, 0.1) is 30.9 Å². The maximum absolute atomic E-state index is 12.4. The lowest BCUT2D eigenvalue weighted by Crippen LogP contribution is -2.31. The number of nitrogens with one attached hydrogen (secondary N) is 1. The third kappa shape index (κ3) is 3.68. The van der Waals surface area contributed by atoms with Crippen molar-refractivity contribution in [2.75, 3.05) is 32.1 Å². The Balaban J connectivity index is 2.37. The van der Waals surface area contributed by atoms with Gasteiger partial charge >= 0.3 is 5.97 Å². The summed E-state index contributed by atoms with van der Waals surface area (Å²) in [5.41, 5.74) is 1.84. The predicted octanol–water partition coefficient (Wildman–Crippen LogP) is 2.08. The number of methoxy groups -OCH3 is 1. The molecule has 0 radical (unpaired) electrons. The molecular formula is C15H16BrClN2O4. The SMILES string of the molecule is COC(=O)C1=C(Nc2cc(C)c(Br)c(Cl)c2)C(=O)N(CCO)C1. The summed E-state index contributed by atoms with van der Waals surface area (Å²) in [5.74, 6) is -0.947. The smallest absolute Gasteiger partial charge is 0.337 e. The molecule has 0 aliphatic carbocycles. The lowest BCUT2D eigenvalue weighted by Gasteiger charge is -2.15. The maximum atomic E-state index is 12.4.